The van der Waals surface area contributed by atoms with Gasteiger partial charge in [-0.2, -0.15) is 5.10 Å². The normalized spacial score (nSPS) is 11.6. The number of nitrogens with one attached hydrogen (secondary N) is 1. The lowest BCUT2D eigenvalue weighted by Gasteiger charge is -2.16. The molecule has 2 heterocycles. The Bertz CT molecular complexity index is 790. The average molecular weight is 325 g/mol. The summed E-state index contributed by atoms with van der Waals surface area (Å²) in [5.74, 6) is -0.260. The first-order chi connectivity index (χ1) is 10.2. The Morgan fingerprint density at radius 2 is 2.05 bits per heavy atom. The molecule has 0 spiro atoms. The van der Waals surface area contributed by atoms with Crippen LogP contribution in [0.2, 0.25) is 0 Å². The van der Waals surface area contributed by atoms with Crippen LogP contribution in [0.1, 0.15) is 16.1 Å². The molecular weight excluding hydrogens is 306 g/mol. The van der Waals surface area contributed by atoms with Gasteiger partial charge in [0, 0.05) is 45.6 Å². The summed E-state index contributed by atoms with van der Waals surface area (Å²) < 4.78 is 29.0. The van der Waals surface area contributed by atoms with E-state index in [2.05, 4.69) is 9.82 Å². The van der Waals surface area contributed by atoms with Crippen molar-refractivity contribution in [3.8, 4) is 0 Å². The Kier molecular flexibility index (Phi) is 4.38. The minimum atomic E-state index is -3.57. The summed E-state index contributed by atoms with van der Waals surface area (Å²) >= 11 is 0. The molecule has 0 aliphatic heterocycles. The number of nitrogens with zero attached hydrogens (tertiary/aromatic N) is 4. The molecule has 0 aliphatic carbocycles. The van der Waals surface area contributed by atoms with Gasteiger partial charge in [-0.1, -0.05) is 0 Å². The molecule has 0 fully saturated rings. The van der Waals surface area contributed by atoms with Crippen LogP contribution in [-0.4, -0.2) is 47.7 Å². The monoisotopic (exact) mass is 325 g/mol. The van der Waals surface area contributed by atoms with E-state index in [1.165, 1.54) is 28.8 Å². The summed E-state index contributed by atoms with van der Waals surface area (Å²) in [7, 11) is 2.87. The lowest BCUT2D eigenvalue weighted by molar-refractivity contribution is 0.0775. The summed E-state index contributed by atoms with van der Waals surface area (Å²) in [5, 5.41) is 4.05. The standard InChI is InChI=1S/C13H19N5O3S/c1-14-22(20,21)11-5-12(16(2)9-11)13(19)17(3)7-10-6-15-18(4)8-10/h5-6,8-9,14H,7H2,1-4H3. The van der Waals surface area contributed by atoms with E-state index in [9.17, 15) is 13.2 Å². The lowest BCUT2D eigenvalue weighted by atomic mass is 10.3. The molecule has 2 aromatic heterocycles. The molecule has 0 aliphatic rings. The summed E-state index contributed by atoms with van der Waals surface area (Å²) in [4.78, 5) is 14.0. The van der Waals surface area contributed by atoms with Gasteiger partial charge in [-0.3, -0.25) is 9.48 Å². The Balaban J connectivity index is 2.22. The number of sulfonamides is 1. The lowest BCUT2D eigenvalue weighted by Crippen LogP contribution is -2.27. The van der Waals surface area contributed by atoms with Crippen LogP contribution >= 0.6 is 0 Å². The number of amides is 1. The second-order valence-electron chi connectivity index (χ2n) is 5.06. The number of aromatic nitrogens is 3. The molecule has 8 nitrogen and oxygen atoms in total. The molecule has 9 heteroatoms. The molecule has 1 amide bonds. The zero-order chi connectivity index (χ0) is 16.5. The van der Waals surface area contributed by atoms with Crippen molar-refractivity contribution in [1.29, 1.82) is 0 Å². The molecule has 1 N–H and O–H groups in total. The molecule has 2 rings (SSSR count). The number of carbonyl (C=O) groups excluding carboxylic acids is 1. The first kappa shape index (κ1) is 16.2. The third kappa shape index (κ3) is 3.20. The fourth-order valence-electron chi connectivity index (χ4n) is 2.11. The van der Waals surface area contributed by atoms with Crippen LogP contribution < -0.4 is 4.72 Å². The summed E-state index contributed by atoms with van der Waals surface area (Å²) in [6.07, 6.45) is 4.92. The van der Waals surface area contributed by atoms with Gasteiger partial charge in [0.05, 0.1) is 6.20 Å². The van der Waals surface area contributed by atoms with E-state index < -0.39 is 10.0 Å². The highest BCUT2D eigenvalue weighted by Gasteiger charge is 2.21. The van der Waals surface area contributed by atoms with Crippen LogP contribution in [0.25, 0.3) is 0 Å². The average Bonchev–Trinajstić information content (AvgIpc) is 3.04. The highest BCUT2D eigenvalue weighted by molar-refractivity contribution is 7.89. The molecule has 22 heavy (non-hydrogen) atoms. The highest BCUT2D eigenvalue weighted by Crippen LogP contribution is 2.15. The maximum Gasteiger partial charge on any atom is 0.270 e. The number of rotatable bonds is 5. The van der Waals surface area contributed by atoms with Gasteiger partial charge in [0.15, 0.2) is 0 Å². The minimum absolute atomic E-state index is 0.0654. The summed E-state index contributed by atoms with van der Waals surface area (Å²) in [6.45, 7) is 0.395. The van der Waals surface area contributed by atoms with Gasteiger partial charge < -0.3 is 9.47 Å². The van der Waals surface area contributed by atoms with Crippen molar-refractivity contribution in [2.24, 2.45) is 14.1 Å². The zero-order valence-electron chi connectivity index (χ0n) is 12.9. The molecule has 2 aromatic rings. The van der Waals surface area contributed by atoms with Gasteiger partial charge in [0.1, 0.15) is 10.6 Å². The first-order valence-electron chi connectivity index (χ1n) is 6.57. The van der Waals surface area contributed by atoms with Gasteiger partial charge in [0.25, 0.3) is 5.91 Å². The van der Waals surface area contributed by atoms with Crippen molar-refractivity contribution < 1.29 is 13.2 Å². The molecule has 0 radical (unpaired) electrons. The van der Waals surface area contributed by atoms with Crippen LogP contribution in [0.3, 0.4) is 0 Å². The maximum absolute atomic E-state index is 12.5. The highest BCUT2D eigenvalue weighted by atomic mass is 32.2. The van der Waals surface area contributed by atoms with E-state index in [0.717, 1.165) is 5.56 Å². The van der Waals surface area contributed by atoms with E-state index in [4.69, 9.17) is 0 Å². The van der Waals surface area contributed by atoms with Crippen molar-refractivity contribution in [2.75, 3.05) is 14.1 Å². The fraction of sp³-hybridized carbons (Fsp3) is 0.385. The van der Waals surface area contributed by atoms with Crippen molar-refractivity contribution in [2.45, 2.75) is 11.4 Å². The Hall–Kier alpha value is -2.13. The molecule has 0 saturated heterocycles. The quantitative estimate of drug-likeness (QED) is 0.834. The van der Waals surface area contributed by atoms with Crippen LogP contribution in [0.4, 0.5) is 0 Å². The van der Waals surface area contributed by atoms with Gasteiger partial charge in [-0.15, -0.1) is 0 Å². The molecule has 0 unspecified atom stereocenters. The first-order valence-corrected chi connectivity index (χ1v) is 8.06. The van der Waals surface area contributed by atoms with E-state index in [1.807, 2.05) is 6.20 Å². The SMILES string of the molecule is CNS(=O)(=O)c1cc(C(=O)N(C)Cc2cnn(C)c2)n(C)c1. The van der Waals surface area contributed by atoms with E-state index in [-0.39, 0.29) is 10.8 Å². The van der Waals surface area contributed by atoms with Crippen LogP contribution in [0.15, 0.2) is 29.6 Å². The molecule has 0 bridgehead atoms. The fourth-order valence-corrected chi connectivity index (χ4v) is 2.91. The van der Waals surface area contributed by atoms with Crippen LogP contribution in [0, 0.1) is 0 Å². The molecule has 0 saturated carbocycles. The second kappa shape index (κ2) is 5.93. The molecular formula is C13H19N5O3S. The van der Waals surface area contributed by atoms with Crippen LogP contribution in [0.5, 0.6) is 0 Å². The van der Waals surface area contributed by atoms with Crippen molar-refractivity contribution >= 4 is 15.9 Å². The van der Waals surface area contributed by atoms with Crippen molar-refractivity contribution in [3.63, 3.8) is 0 Å². The summed E-state index contributed by atoms with van der Waals surface area (Å²) in [6, 6.07) is 1.37. The van der Waals surface area contributed by atoms with Crippen molar-refractivity contribution in [3.05, 3.63) is 35.9 Å². The zero-order valence-corrected chi connectivity index (χ0v) is 13.8. The topological polar surface area (TPSA) is 89.2 Å². The van der Waals surface area contributed by atoms with Gasteiger partial charge in [0.2, 0.25) is 10.0 Å². The Labute approximate surface area is 129 Å². The van der Waals surface area contributed by atoms with Gasteiger partial charge >= 0.3 is 0 Å². The maximum atomic E-state index is 12.5. The molecule has 0 atom stereocenters. The smallest absolute Gasteiger partial charge is 0.270 e. The molecule has 120 valence electrons. The Morgan fingerprint density at radius 3 is 2.59 bits per heavy atom. The number of hydrogen-bond acceptors (Lipinski definition) is 4. The summed E-state index contributed by atoms with van der Waals surface area (Å²) in [5.41, 5.74) is 1.20. The number of hydrogen-bond donors (Lipinski definition) is 1. The Morgan fingerprint density at radius 1 is 1.36 bits per heavy atom. The van der Waals surface area contributed by atoms with E-state index in [0.29, 0.717) is 12.2 Å². The predicted molar refractivity (Wildman–Crippen MR) is 80.7 cm³/mol. The predicted octanol–water partition coefficient (Wildman–Crippen LogP) is -0.0611. The minimum Gasteiger partial charge on any atom is -0.345 e. The number of aryl methyl sites for hydroxylation is 2. The van der Waals surface area contributed by atoms with Gasteiger partial charge in [-0.05, 0) is 13.1 Å². The third-order valence-electron chi connectivity index (χ3n) is 3.30. The second-order valence-corrected chi connectivity index (χ2v) is 6.95. The van der Waals surface area contributed by atoms with E-state index >= 15 is 0 Å². The molecule has 0 aromatic carbocycles. The van der Waals surface area contributed by atoms with E-state index in [1.54, 1.807) is 32.0 Å². The van der Waals surface area contributed by atoms with Crippen LogP contribution in [-0.2, 0) is 30.7 Å². The van der Waals surface area contributed by atoms with Gasteiger partial charge in [-0.25, -0.2) is 13.1 Å². The third-order valence-corrected chi connectivity index (χ3v) is 4.68. The number of carbonyl (C=O) groups is 1. The van der Waals surface area contributed by atoms with Crippen molar-refractivity contribution in [1.82, 2.24) is 24.0 Å². The largest absolute Gasteiger partial charge is 0.345 e.